The molecule has 0 saturated carbocycles. The van der Waals surface area contributed by atoms with Crippen LogP contribution in [-0.2, 0) is 10.8 Å². The van der Waals surface area contributed by atoms with Gasteiger partial charge >= 0.3 is 0 Å². The Balaban J connectivity index is 1.47. The van der Waals surface area contributed by atoms with Crippen molar-refractivity contribution in [3.63, 3.8) is 0 Å². The summed E-state index contributed by atoms with van der Waals surface area (Å²) >= 11 is 0. The normalized spacial score (nSPS) is 12.5. The van der Waals surface area contributed by atoms with Crippen LogP contribution in [0.1, 0.15) is 58.2 Å². The number of hydrogen-bond acceptors (Lipinski definition) is 3. The first-order chi connectivity index (χ1) is 19.6. The molecule has 5 aromatic carbocycles. The van der Waals surface area contributed by atoms with Crippen molar-refractivity contribution in [1.82, 2.24) is 4.98 Å². The minimum atomic E-state index is -0.0398. The third-order valence-corrected chi connectivity index (χ3v) is 7.72. The van der Waals surface area contributed by atoms with Crippen LogP contribution in [0.4, 0.5) is 5.69 Å². The minimum Gasteiger partial charge on any atom is -0.436 e. The third-order valence-electron chi connectivity index (χ3n) is 7.72. The fraction of sp³-hybridized carbons (Fsp3) is 0.211. The fourth-order valence-corrected chi connectivity index (χ4v) is 5.22. The SMILES string of the molecule is CC(C)(C)c1ccc(-c2cc(C(C)(C)C)cc3oc(-c4ccccc4N=Cc4cccc5ccccc45)nc23)cc1. The second-order valence-corrected chi connectivity index (χ2v) is 12.8. The quantitative estimate of drug-likeness (QED) is 0.210. The van der Waals surface area contributed by atoms with E-state index in [4.69, 9.17) is 14.4 Å². The van der Waals surface area contributed by atoms with Gasteiger partial charge in [-0.1, -0.05) is 120 Å². The van der Waals surface area contributed by atoms with E-state index >= 15 is 0 Å². The van der Waals surface area contributed by atoms with Gasteiger partial charge in [0.05, 0.1) is 11.3 Å². The number of benzene rings is 5. The van der Waals surface area contributed by atoms with Crippen LogP contribution in [0, 0.1) is 0 Å². The van der Waals surface area contributed by atoms with E-state index in [-0.39, 0.29) is 10.8 Å². The number of aliphatic imine (C=N–C) groups is 1. The van der Waals surface area contributed by atoms with Crippen molar-refractivity contribution in [2.24, 2.45) is 4.99 Å². The van der Waals surface area contributed by atoms with Crippen molar-refractivity contribution in [2.75, 3.05) is 0 Å². The molecule has 0 aliphatic heterocycles. The second kappa shape index (κ2) is 10.2. The molecule has 204 valence electrons. The average Bonchev–Trinajstić information content (AvgIpc) is 3.39. The van der Waals surface area contributed by atoms with Gasteiger partial charge in [0.1, 0.15) is 5.52 Å². The van der Waals surface area contributed by atoms with Gasteiger partial charge in [-0.15, -0.1) is 0 Å². The predicted octanol–water partition coefficient (Wildman–Crippen LogP) is 10.7. The van der Waals surface area contributed by atoms with E-state index in [1.54, 1.807) is 0 Å². The molecular formula is C38H36N2O. The number of hydrogen-bond donors (Lipinski definition) is 0. The predicted molar refractivity (Wildman–Crippen MR) is 173 cm³/mol. The Labute approximate surface area is 242 Å². The van der Waals surface area contributed by atoms with Gasteiger partial charge in [-0.2, -0.15) is 0 Å². The number of oxazole rings is 1. The summed E-state index contributed by atoms with van der Waals surface area (Å²) < 4.78 is 6.51. The molecule has 6 rings (SSSR count). The lowest BCUT2D eigenvalue weighted by atomic mass is 9.84. The summed E-state index contributed by atoms with van der Waals surface area (Å²) in [5.41, 5.74) is 9.21. The topological polar surface area (TPSA) is 38.4 Å². The minimum absolute atomic E-state index is 0.0398. The number of nitrogens with zero attached hydrogens (tertiary/aromatic N) is 2. The van der Waals surface area contributed by atoms with Crippen LogP contribution in [0.5, 0.6) is 0 Å². The molecule has 0 spiro atoms. The number of rotatable bonds is 4. The molecule has 0 fully saturated rings. The second-order valence-electron chi connectivity index (χ2n) is 12.8. The number of para-hydroxylation sites is 1. The highest BCUT2D eigenvalue weighted by Gasteiger charge is 2.22. The maximum absolute atomic E-state index is 6.51. The van der Waals surface area contributed by atoms with Crippen molar-refractivity contribution in [3.8, 4) is 22.6 Å². The summed E-state index contributed by atoms with van der Waals surface area (Å²) in [5.74, 6) is 0.573. The Bertz CT molecular complexity index is 1890. The smallest absolute Gasteiger partial charge is 0.229 e. The van der Waals surface area contributed by atoms with Gasteiger partial charge in [0, 0.05) is 17.3 Å². The standard InChI is InChI=1S/C38H36N2O/c1-37(2,3)28-20-18-26(19-21-28)32-22-29(38(4,5)6)23-34-35(32)40-36(41-34)31-16-9-10-17-33(31)39-24-27-14-11-13-25-12-7-8-15-30(25)27/h7-24H,1-6H3. The van der Waals surface area contributed by atoms with Crippen molar-refractivity contribution in [2.45, 2.75) is 52.4 Å². The van der Waals surface area contributed by atoms with Crippen LogP contribution in [0.15, 0.2) is 113 Å². The Morgan fingerprint density at radius 2 is 1.34 bits per heavy atom. The van der Waals surface area contributed by atoms with E-state index in [0.29, 0.717) is 5.89 Å². The first-order valence-electron chi connectivity index (χ1n) is 14.3. The Morgan fingerprint density at radius 1 is 0.659 bits per heavy atom. The summed E-state index contributed by atoms with van der Waals surface area (Å²) in [7, 11) is 0. The van der Waals surface area contributed by atoms with Gasteiger partial charge in [-0.05, 0) is 62.6 Å². The average molecular weight is 537 g/mol. The van der Waals surface area contributed by atoms with Crippen LogP contribution in [0.3, 0.4) is 0 Å². The zero-order chi connectivity index (χ0) is 28.8. The van der Waals surface area contributed by atoms with Crippen LogP contribution in [-0.4, -0.2) is 11.2 Å². The van der Waals surface area contributed by atoms with Crippen molar-refractivity contribution >= 4 is 33.8 Å². The lowest BCUT2D eigenvalue weighted by molar-refractivity contribution is 0.584. The van der Waals surface area contributed by atoms with E-state index in [2.05, 4.69) is 120 Å². The highest BCUT2D eigenvalue weighted by atomic mass is 16.3. The molecule has 0 aliphatic rings. The molecule has 1 heterocycles. The summed E-state index contributed by atoms with van der Waals surface area (Å²) in [6, 6.07) is 36.0. The molecule has 0 atom stereocenters. The zero-order valence-electron chi connectivity index (χ0n) is 24.7. The molecular weight excluding hydrogens is 500 g/mol. The number of aromatic nitrogens is 1. The van der Waals surface area contributed by atoms with Crippen LogP contribution < -0.4 is 0 Å². The zero-order valence-corrected chi connectivity index (χ0v) is 24.7. The fourth-order valence-electron chi connectivity index (χ4n) is 5.22. The highest BCUT2D eigenvalue weighted by Crippen LogP contribution is 2.39. The van der Waals surface area contributed by atoms with Gasteiger partial charge in [-0.25, -0.2) is 4.98 Å². The molecule has 0 N–H and O–H groups in total. The molecule has 3 heteroatoms. The summed E-state index contributed by atoms with van der Waals surface area (Å²) in [5, 5.41) is 2.37. The Kier molecular flexibility index (Phi) is 6.62. The van der Waals surface area contributed by atoms with E-state index in [0.717, 1.165) is 39.0 Å². The van der Waals surface area contributed by atoms with E-state index in [1.807, 2.05) is 30.5 Å². The number of fused-ring (bicyclic) bond motifs is 2. The molecule has 1 aromatic heterocycles. The molecule has 41 heavy (non-hydrogen) atoms. The van der Waals surface area contributed by atoms with E-state index in [9.17, 15) is 0 Å². The lowest BCUT2D eigenvalue weighted by Crippen LogP contribution is -2.11. The van der Waals surface area contributed by atoms with Gasteiger partial charge < -0.3 is 4.42 Å². The van der Waals surface area contributed by atoms with Gasteiger partial charge in [0.2, 0.25) is 5.89 Å². The largest absolute Gasteiger partial charge is 0.436 e. The maximum atomic E-state index is 6.51. The first-order valence-corrected chi connectivity index (χ1v) is 14.3. The van der Waals surface area contributed by atoms with Crippen LogP contribution in [0.2, 0.25) is 0 Å². The Morgan fingerprint density at radius 3 is 2.10 bits per heavy atom. The summed E-state index contributed by atoms with van der Waals surface area (Å²) in [6.45, 7) is 13.4. The maximum Gasteiger partial charge on any atom is 0.229 e. The van der Waals surface area contributed by atoms with Crippen LogP contribution >= 0.6 is 0 Å². The van der Waals surface area contributed by atoms with E-state index < -0.39 is 0 Å². The summed E-state index contributed by atoms with van der Waals surface area (Å²) in [4.78, 5) is 10.00. The van der Waals surface area contributed by atoms with Crippen molar-refractivity contribution in [1.29, 1.82) is 0 Å². The third kappa shape index (κ3) is 5.32. The Hall–Kier alpha value is -4.50. The summed E-state index contributed by atoms with van der Waals surface area (Å²) in [6.07, 6.45) is 1.93. The van der Waals surface area contributed by atoms with Gasteiger partial charge in [-0.3, -0.25) is 4.99 Å². The lowest BCUT2D eigenvalue weighted by Gasteiger charge is -2.21. The molecule has 0 saturated heterocycles. The molecule has 0 radical (unpaired) electrons. The molecule has 0 amide bonds. The molecule has 0 aliphatic carbocycles. The highest BCUT2D eigenvalue weighted by molar-refractivity contribution is 6.01. The molecule has 3 nitrogen and oxygen atoms in total. The van der Waals surface area contributed by atoms with Gasteiger partial charge in [0.25, 0.3) is 0 Å². The first kappa shape index (κ1) is 26.7. The van der Waals surface area contributed by atoms with Crippen molar-refractivity contribution < 1.29 is 4.42 Å². The van der Waals surface area contributed by atoms with Gasteiger partial charge in [0.15, 0.2) is 5.58 Å². The molecule has 6 aromatic rings. The monoisotopic (exact) mass is 536 g/mol. The van der Waals surface area contributed by atoms with E-state index in [1.165, 1.54) is 21.9 Å². The van der Waals surface area contributed by atoms with Crippen LogP contribution in [0.25, 0.3) is 44.5 Å². The molecule has 0 unspecified atom stereocenters. The molecule has 0 bridgehead atoms. The van der Waals surface area contributed by atoms with Crippen molar-refractivity contribution in [3.05, 3.63) is 120 Å².